The number of hydrogen-bond acceptors (Lipinski definition) is 28. The van der Waals surface area contributed by atoms with Crippen molar-refractivity contribution in [2.45, 2.75) is 276 Å². The fraction of sp³-hybridized carbons (Fsp3) is 0.652. The van der Waals surface area contributed by atoms with Crippen molar-refractivity contribution in [2.24, 2.45) is 34.5 Å². The number of fused-ring (bicyclic) bond motifs is 4. The molecule has 4 aliphatic carbocycles. The minimum atomic E-state index is -3.87. The first-order valence-electron chi connectivity index (χ1n) is 45.3. The quantitative estimate of drug-likeness (QED) is 0.0361. The van der Waals surface area contributed by atoms with Crippen molar-refractivity contribution in [3.63, 3.8) is 0 Å². The standard InChI is InChI=1S/C47H63ClN6O10S2.C45H60ClN5O11S2/c1-9-28-22-47(28,44(57)51-66(59,60)29-10-11-29)23-35(55)33-21-38(34-24-53(45(58)64-46(6,7)8)41(27(4)5)43(56)54(33)34)63-37-20-31(42-50-32(25-65-42)26(2)3)49-40-30(37)12-13-36(39(40)48)62-19-16-52-14-17-61-18-15-52;1-11-25-18-45(25,42(54)49-64(56,57)26-12-13-26)19-32(52)30-17-35(31-20-50(43(55)62-44(6,7)8)39(24(4)5)41(53)51(30)31)61-34-16-28(40-48-29(22-63-40)23(2)3)47-38-27(34)14-15-33(37(38)46)60-21-36(58-9)59-10/h12-13,20,25-29,33-34,38,41H,9-11,14-19,21-24H2,1-8H3,(H,51,57);14-16,22-26,30-31,35-36,39H,11-13,17-21H2,1-10H3,(H,49,54)/t28-,33+,34-,38-,41-,47-;25-,30+,31-,35-,39-,45-/m11/s1. The molecule has 9 fully saturated rings. The SMILES string of the molecule is CC[C@@H]1C[C@]1(CC(=O)[C@@H]1C[C@@H](Oc2cc(-c3nc(C(C)C)cs3)nc3c(Cl)c(OCC(OC)OC)ccc23)[C@H]2CN(C(=O)OC(C)(C)C)[C@H](C(C)C)C(=O)N21)C(=O)NS(=O)(=O)C1CC1.CC[C@@H]1C[C@]1(CC(=O)[C@@H]1C[C@@H](Oc2cc(-c3nc(C(C)C)cs3)nc3c(Cl)c(OCCN4CCOCC4)ccc23)[C@H]2CN(C(=O)OC(C)(C)C)[C@H](C(C)C)C(=O)N21)C(=O)NS(=O)(=O)C1CC1. The number of benzene rings is 2. The van der Waals surface area contributed by atoms with Crippen molar-refractivity contribution in [2.75, 3.05) is 73.4 Å². The van der Waals surface area contributed by atoms with Crippen LogP contribution in [0.4, 0.5) is 9.59 Å². The Morgan fingerprint density at radius 3 is 1.32 bits per heavy atom. The fourth-order valence-corrected chi connectivity index (χ4v) is 23.8. The van der Waals surface area contributed by atoms with Crippen LogP contribution in [-0.4, -0.2) is 258 Å². The van der Waals surface area contributed by atoms with Crippen molar-refractivity contribution < 1.29 is 97.8 Å². The van der Waals surface area contributed by atoms with Gasteiger partial charge < -0.3 is 52.4 Å². The van der Waals surface area contributed by atoms with Crippen molar-refractivity contribution in [3.8, 4) is 44.4 Å². The van der Waals surface area contributed by atoms with E-state index in [1.807, 2.05) is 72.2 Å². The number of thiazole rings is 2. The van der Waals surface area contributed by atoms with Gasteiger partial charge in [-0.05, 0) is 140 Å². The number of carbonyl (C=O) groups is 8. The Balaban J connectivity index is 0.000000210. The molecule has 2 aromatic carbocycles. The van der Waals surface area contributed by atoms with Gasteiger partial charge in [0, 0.05) is 106 Å². The van der Waals surface area contributed by atoms with Crippen LogP contribution in [0.25, 0.3) is 43.2 Å². The molecule has 6 amide bonds. The predicted molar refractivity (Wildman–Crippen MR) is 491 cm³/mol. The van der Waals surface area contributed by atoms with E-state index >= 15 is 0 Å². The molecule has 6 aromatic rings. The number of methoxy groups -OCH3 is 2. The number of Topliss-reactive ketones (excluding diaryl/α,β-unsaturated/α-hetero) is 2. The van der Waals surface area contributed by atoms with Crippen molar-refractivity contribution in [3.05, 3.63) is 68.6 Å². The van der Waals surface area contributed by atoms with Crippen LogP contribution in [0.3, 0.4) is 0 Å². The van der Waals surface area contributed by atoms with Crippen LogP contribution >= 0.6 is 45.9 Å². The summed E-state index contributed by atoms with van der Waals surface area (Å²) in [6.07, 6.45) is -0.369. The van der Waals surface area contributed by atoms with Crippen LogP contribution in [-0.2, 0) is 72.5 Å². The number of carbonyl (C=O) groups excluding carboxylic acids is 8. The lowest BCUT2D eigenvalue weighted by atomic mass is 9.90. The summed E-state index contributed by atoms with van der Waals surface area (Å²) < 4.78 is 111. The molecule has 4 saturated carbocycles. The third-order valence-electron chi connectivity index (χ3n) is 26.2. The largest absolute Gasteiger partial charge is 0.491 e. The smallest absolute Gasteiger partial charge is 0.411 e. The number of sulfonamides is 2. The molecule has 2 N–H and O–H groups in total. The number of rotatable bonds is 33. The highest BCUT2D eigenvalue weighted by Crippen LogP contribution is 2.60. The summed E-state index contributed by atoms with van der Waals surface area (Å²) in [6.45, 7) is 34.0. The summed E-state index contributed by atoms with van der Waals surface area (Å²) in [6, 6.07) is 4.96. The maximum Gasteiger partial charge on any atom is 0.411 e. The van der Waals surface area contributed by atoms with E-state index in [0.29, 0.717) is 144 Å². The molecule has 0 radical (unpaired) electrons. The van der Waals surface area contributed by atoms with Gasteiger partial charge >= 0.3 is 12.2 Å². The number of halogens is 2. The van der Waals surface area contributed by atoms with Gasteiger partial charge in [-0.3, -0.25) is 52.9 Å². The second-order valence-electron chi connectivity index (χ2n) is 39.2. The molecule has 0 bridgehead atoms. The summed E-state index contributed by atoms with van der Waals surface area (Å²) in [4.78, 5) is 143. The van der Waals surface area contributed by atoms with Crippen LogP contribution in [0.2, 0.25) is 10.0 Å². The molecule has 710 valence electrons. The first-order valence-corrected chi connectivity index (χ1v) is 50.9. The highest BCUT2D eigenvalue weighted by molar-refractivity contribution is 7.91. The molecule has 32 nitrogen and oxygen atoms in total. The van der Waals surface area contributed by atoms with Gasteiger partial charge in [0.25, 0.3) is 0 Å². The van der Waals surface area contributed by atoms with E-state index in [1.165, 1.54) is 51.6 Å². The molecule has 0 unspecified atom stereocenters. The highest BCUT2D eigenvalue weighted by Gasteiger charge is 2.66. The van der Waals surface area contributed by atoms with Gasteiger partial charge in [0.1, 0.15) is 103 Å². The average molecular weight is 1920 g/mol. The molecule has 12 atom stereocenters. The number of hydrogen-bond donors (Lipinski definition) is 2. The Bertz CT molecular complexity index is 5530. The van der Waals surface area contributed by atoms with Crippen LogP contribution in [0.5, 0.6) is 23.0 Å². The highest BCUT2D eigenvalue weighted by atomic mass is 35.5. The van der Waals surface area contributed by atoms with E-state index < -0.39 is 143 Å². The van der Waals surface area contributed by atoms with Crippen LogP contribution in [0, 0.1) is 34.5 Å². The van der Waals surface area contributed by atoms with E-state index in [9.17, 15) is 55.2 Å². The number of nitrogens with one attached hydrogen (secondary N) is 2. The molecule has 5 saturated heterocycles. The van der Waals surface area contributed by atoms with Gasteiger partial charge in [0.2, 0.25) is 43.7 Å². The van der Waals surface area contributed by atoms with Crippen LogP contribution in [0.15, 0.2) is 47.2 Å². The number of ether oxygens (including phenoxy) is 9. The van der Waals surface area contributed by atoms with E-state index in [1.54, 1.807) is 76.8 Å². The molecule has 5 aliphatic heterocycles. The van der Waals surface area contributed by atoms with E-state index in [0.717, 1.165) is 24.5 Å². The predicted octanol–water partition coefficient (Wildman–Crippen LogP) is 13.9. The molecule has 15 rings (SSSR count). The Hall–Kier alpha value is -8.20. The summed E-state index contributed by atoms with van der Waals surface area (Å²) in [5.74, 6) is -2.29. The number of piperazine rings is 2. The van der Waals surface area contributed by atoms with Crippen LogP contribution < -0.4 is 28.4 Å². The Kier molecular flexibility index (Phi) is 29.1. The molecule has 38 heteroatoms. The van der Waals surface area contributed by atoms with Gasteiger partial charge in [-0.2, -0.15) is 0 Å². The monoisotopic (exact) mass is 1920 g/mol. The number of nitrogens with zero attached hydrogens (tertiary/aromatic N) is 9. The maximum absolute atomic E-state index is 15.0. The second-order valence-corrected chi connectivity index (χ2v) is 45.6. The topological polar surface area (TPSA) is 380 Å². The van der Waals surface area contributed by atoms with Crippen LogP contribution in [0.1, 0.15) is 211 Å². The fourth-order valence-electron chi connectivity index (χ4n) is 18.6. The molecule has 130 heavy (non-hydrogen) atoms. The lowest BCUT2D eigenvalue weighted by Gasteiger charge is -2.46. The van der Waals surface area contributed by atoms with Gasteiger partial charge in [-0.1, -0.05) is 105 Å². The zero-order valence-corrected chi connectivity index (χ0v) is 82.0. The summed E-state index contributed by atoms with van der Waals surface area (Å²) in [5.41, 5.74) is -0.648. The van der Waals surface area contributed by atoms with Gasteiger partial charge in [0.15, 0.2) is 17.9 Å². The Morgan fingerprint density at radius 1 is 0.577 bits per heavy atom. The number of amides is 6. The number of morpholine rings is 1. The first-order chi connectivity index (χ1) is 61.3. The zero-order chi connectivity index (χ0) is 94.1. The zero-order valence-electron chi connectivity index (χ0n) is 77.3. The third kappa shape index (κ3) is 20.8. The minimum absolute atomic E-state index is 0.00276. The summed E-state index contributed by atoms with van der Waals surface area (Å²) >= 11 is 17.1. The Labute approximate surface area is 778 Å². The van der Waals surface area contributed by atoms with Gasteiger partial charge in [-0.25, -0.2) is 46.4 Å². The summed E-state index contributed by atoms with van der Waals surface area (Å²) in [5, 5.41) is 5.55. The van der Waals surface area contributed by atoms with Gasteiger partial charge in [0.05, 0.1) is 81.1 Å². The third-order valence-corrected chi connectivity index (χ3v) is 32.3. The number of pyridine rings is 2. The van der Waals surface area contributed by atoms with Crippen molar-refractivity contribution in [1.29, 1.82) is 0 Å². The molecular weight excluding hydrogens is 1790 g/mol. The molecular formula is C92H123Cl2N11O21S4. The maximum atomic E-state index is 15.0. The Morgan fingerprint density at radius 2 is 0.977 bits per heavy atom. The first kappa shape index (κ1) is 97.8. The van der Waals surface area contributed by atoms with E-state index in [4.69, 9.17) is 85.8 Å². The minimum Gasteiger partial charge on any atom is -0.491 e. The van der Waals surface area contributed by atoms with Crippen molar-refractivity contribution >= 4 is 135 Å². The molecule has 9 heterocycles. The second kappa shape index (κ2) is 38.6. The molecule has 9 aliphatic rings. The van der Waals surface area contributed by atoms with E-state index in [2.05, 4.69) is 28.2 Å². The van der Waals surface area contributed by atoms with E-state index in [-0.39, 0.29) is 102 Å². The molecule has 0 spiro atoms. The van der Waals surface area contributed by atoms with Crippen molar-refractivity contribution in [1.82, 2.24) is 53.9 Å². The lowest BCUT2D eigenvalue weighted by Crippen LogP contribution is -2.66. The number of aromatic nitrogens is 4. The molecule has 4 aromatic heterocycles. The normalized spacial score (nSPS) is 25.3. The number of ketones is 2. The summed E-state index contributed by atoms with van der Waals surface area (Å²) in [7, 11) is -4.74. The van der Waals surface area contributed by atoms with Gasteiger partial charge in [-0.15, -0.1) is 22.7 Å². The lowest BCUT2D eigenvalue weighted by molar-refractivity contribution is -0.153. The average Bonchev–Trinajstić information content (AvgIpc) is 1.57.